The molecule has 1 unspecified atom stereocenters. The summed E-state index contributed by atoms with van der Waals surface area (Å²) in [5.41, 5.74) is -2.89. The third kappa shape index (κ3) is 9.09. The van der Waals surface area contributed by atoms with Crippen LogP contribution in [0.4, 0.5) is 26.3 Å². The van der Waals surface area contributed by atoms with Gasteiger partial charge >= 0.3 is 12.4 Å². The number of ether oxygens (including phenoxy) is 3. The van der Waals surface area contributed by atoms with E-state index in [9.17, 15) is 26.3 Å². The lowest BCUT2D eigenvalue weighted by Gasteiger charge is -2.39. The van der Waals surface area contributed by atoms with Crippen LogP contribution in [-0.2, 0) is 26.6 Å². The highest BCUT2D eigenvalue weighted by atomic mass is 19.4. The number of benzene rings is 1. The summed E-state index contributed by atoms with van der Waals surface area (Å²) in [4.78, 5) is 0. The van der Waals surface area contributed by atoms with Crippen molar-refractivity contribution >= 4 is 0 Å². The van der Waals surface area contributed by atoms with E-state index < -0.39 is 35.4 Å². The van der Waals surface area contributed by atoms with Crippen molar-refractivity contribution in [2.45, 2.75) is 96.9 Å². The second-order valence-corrected chi connectivity index (χ2v) is 7.85. The maximum atomic E-state index is 13.5. The monoisotopic (exact) mass is 486 g/mol. The van der Waals surface area contributed by atoms with Crippen LogP contribution >= 0.6 is 0 Å². The molecule has 1 rings (SSSR count). The largest absolute Gasteiger partial charge is 0.416 e. The minimum absolute atomic E-state index is 0.109. The van der Waals surface area contributed by atoms with Crippen LogP contribution in [0.15, 0.2) is 18.2 Å². The molecular formula is C24H36F6O3. The summed E-state index contributed by atoms with van der Waals surface area (Å²) in [6.45, 7) is 7.42. The number of rotatable bonds is 15. The molecule has 0 spiro atoms. The van der Waals surface area contributed by atoms with Gasteiger partial charge in [0.15, 0.2) is 0 Å². The predicted molar refractivity (Wildman–Crippen MR) is 115 cm³/mol. The summed E-state index contributed by atoms with van der Waals surface area (Å²) in [6.07, 6.45) is -4.15. The average molecular weight is 487 g/mol. The van der Waals surface area contributed by atoms with Crippen molar-refractivity contribution in [1.82, 2.24) is 0 Å². The van der Waals surface area contributed by atoms with Gasteiger partial charge in [0, 0.05) is 19.8 Å². The Labute approximate surface area is 192 Å². The SMILES string of the molecule is CCCCCCCCC(c1cc(C(F)(F)F)cc(C(F)(F)F)c1)C(OCC)(OCC)OCC. The van der Waals surface area contributed by atoms with Crippen molar-refractivity contribution in [2.24, 2.45) is 0 Å². The van der Waals surface area contributed by atoms with Crippen molar-refractivity contribution < 1.29 is 40.6 Å². The van der Waals surface area contributed by atoms with E-state index in [1.807, 2.05) is 0 Å². The van der Waals surface area contributed by atoms with E-state index in [1.165, 1.54) is 0 Å². The highest BCUT2D eigenvalue weighted by Crippen LogP contribution is 2.43. The molecule has 0 aliphatic carbocycles. The molecule has 0 heterocycles. The highest BCUT2D eigenvalue weighted by Gasteiger charge is 2.45. The van der Waals surface area contributed by atoms with E-state index in [4.69, 9.17) is 14.2 Å². The summed E-state index contributed by atoms with van der Waals surface area (Å²) in [7, 11) is 0. The molecule has 1 aromatic carbocycles. The maximum absolute atomic E-state index is 13.5. The standard InChI is InChI=1S/C24H36F6O3/c1-5-9-10-11-12-13-14-21(24(31-6-2,32-7-3)33-8-4)18-15-19(22(25,26)27)17-20(16-18)23(28,29)30/h15-17,21H,5-14H2,1-4H3. The molecule has 3 nitrogen and oxygen atoms in total. The molecule has 0 aliphatic heterocycles. The zero-order valence-electron chi connectivity index (χ0n) is 19.9. The molecule has 192 valence electrons. The van der Waals surface area contributed by atoms with Gasteiger partial charge in [-0.25, -0.2) is 0 Å². The molecule has 33 heavy (non-hydrogen) atoms. The summed E-state index contributed by atoms with van der Waals surface area (Å²) in [5, 5.41) is 0. The number of halogens is 6. The van der Waals surface area contributed by atoms with Gasteiger partial charge in [-0.05, 0) is 51.0 Å². The average Bonchev–Trinajstić information content (AvgIpc) is 2.72. The zero-order chi connectivity index (χ0) is 25.1. The van der Waals surface area contributed by atoms with Crippen LogP contribution < -0.4 is 0 Å². The topological polar surface area (TPSA) is 27.7 Å². The third-order valence-electron chi connectivity index (χ3n) is 5.32. The van der Waals surface area contributed by atoms with Crippen LogP contribution in [0.3, 0.4) is 0 Å². The van der Waals surface area contributed by atoms with E-state index in [2.05, 4.69) is 6.92 Å². The first-order chi connectivity index (χ1) is 15.4. The lowest BCUT2D eigenvalue weighted by Crippen LogP contribution is -2.45. The van der Waals surface area contributed by atoms with E-state index in [0.717, 1.165) is 44.2 Å². The van der Waals surface area contributed by atoms with Gasteiger partial charge in [-0.1, -0.05) is 45.4 Å². The molecule has 0 fully saturated rings. The van der Waals surface area contributed by atoms with Crippen molar-refractivity contribution in [1.29, 1.82) is 0 Å². The molecule has 0 saturated carbocycles. The summed E-state index contributed by atoms with van der Waals surface area (Å²) >= 11 is 0. The van der Waals surface area contributed by atoms with Gasteiger partial charge < -0.3 is 14.2 Å². The lowest BCUT2D eigenvalue weighted by atomic mass is 9.87. The first-order valence-electron chi connectivity index (χ1n) is 11.7. The fourth-order valence-corrected chi connectivity index (χ4v) is 3.89. The Balaban J connectivity index is 3.53. The van der Waals surface area contributed by atoms with Gasteiger partial charge in [0.1, 0.15) is 0 Å². The van der Waals surface area contributed by atoms with Gasteiger partial charge in [0.05, 0.1) is 17.0 Å². The Hall–Kier alpha value is -1.32. The van der Waals surface area contributed by atoms with Crippen molar-refractivity contribution in [3.63, 3.8) is 0 Å². The van der Waals surface area contributed by atoms with Crippen molar-refractivity contribution in [3.05, 3.63) is 34.9 Å². The Kier molecular flexibility index (Phi) is 12.2. The Bertz CT molecular complexity index is 638. The molecule has 0 bridgehead atoms. The number of hydrogen-bond acceptors (Lipinski definition) is 3. The van der Waals surface area contributed by atoms with Crippen LogP contribution in [0.1, 0.15) is 95.2 Å². The zero-order valence-corrected chi connectivity index (χ0v) is 19.9. The molecule has 0 N–H and O–H groups in total. The van der Waals surface area contributed by atoms with Crippen molar-refractivity contribution in [3.8, 4) is 0 Å². The van der Waals surface area contributed by atoms with E-state index in [-0.39, 0.29) is 37.9 Å². The first kappa shape index (κ1) is 29.7. The minimum atomic E-state index is -4.94. The Morgan fingerprint density at radius 3 is 1.45 bits per heavy atom. The van der Waals surface area contributed by atoms with Gasteiger partial charge in [0.2, 0.25) is 0 Å². The molecule has 1 atom stereocenters. The summed E-state index contributed by atoms with van der Waals surface area (Å²) < 4.78 is 98.3. The molecule has 0 aromatic heterocycles. The molecule has 9 heteroatoms. The van der Waals surface area contributed by atoms with Crippen LogP contribution in [0.5, 0.6) is 0 Å². The number of alkyl halides is 6. The van der Waals surface area contributed by atoms with Gasteiger partial charge in [0.25, 0.3) is 5.97 Å². The van der Waals surface area contributed by atoms with Crippen LogP contribution in [0.2, 0.25) is 0 Å². The quantitative estimate of drug-likeness (QED) is 0.142. The Morgan fingerprint density at radius 1 is 0.636 bits per heavy atom. The van der Waals surface area contributed by atoms with Gasteiger partial charge in [-0.3, -0.25) is 0 Å². The smallest absolute Gasteiger partial charge is 0.327 e. The van der Waals surface area contributed by atoms with E-state index in [0.29, 0.717) is 6.42 Å². The summed E-state index contributed by atoms with van der Waals surface area (Å²) in [6, 6.07) is 1.64. The number of unbranched alkanes of at least 4 members (excludes halogenated alkanes) is 5. The van der Waals surface area contributed by atoms with Crippen LogP contribution in [0.25, 0.3) is 0 Å². The molecule has 1 aromatic rings. The van der Waals surface area contributed by atoms with Crippen LogP contribution in [0, 0.1) is 0 Å². The lowest BCUT2D eigenvalue weighted by molar-refractivity contribution is -0.389. The molecule has 0 aliphatic rings. The first-order valence-corrected chi connectivity index (χ1v) is 11.7. The van der Waals surface area contributed by atoms with Gasteiger partial charge in [-0.2, -0.15) is 26.3 Å². The van der Waals surface area contributed by atoms with E-state index in [1.54, 1.807) is 20.8 Å². The minimum Gasteiger partial charge on any atom is -0.327 e. The number of hydrogen-bond donors (Lipinski definition) is 0. The van der Waals surface area contributed by atoms with E-state index >= 15 is 0 Å². The summed E-state index contributed by atoms with van der Waals surface area (Å²) in [5.74, 6) is -2.76. The van der Waals surface area contributed by atoms with Crippen molar-refractivity contribution in [2.75, 3.05) is 19.8 Å². The third-order valence-corrected chi connectivity index (χ3v) is 5.32. The second kappa shape index (κ2) is 13.5. The highest BCUT2D eigenvalue weighted by molar-refractivity contribution is 5.36. The van der Waals surface area contributed by atoms with Crippen LogP contribution in [-0.4, -0.2) is 25.8 Å². The fourth-order valence-electron chi connectivity index (χ4n) is 3.89. The van der Waals surface area contributed by atoms with Gasteiger partial charge in [-0.15, -0.1) is 0 Å². The second-order valence-electron chi connectivity index (χ2n) is 7.85. The molecule has 0 saturated heterocycles. The normalized spacial score (nSPS) is 14.0. The predicted octanol–water partition coefficient (Wildman–Crippen LogP) is 8.32. The maximum Gasteiger partial charge on any atom is 0.416 e. The fraction of sp³-hybridized carbons (Fsp3) is 0.750. The molecule has 0 radical (unpaired) electrons. The molecule has 0 amide bonds. The Morgan fingerprint density at radius 2 is 1.06 bits per heavy atom. The molecular weight excluding hydrogens is 450 g/mol.